The Bertz CT molecular complexity index is 3970. The molecule has 21 heteroatoms. The van der Waals surface area contributed by atoms with E-state index in [9.17, 15) is 31.6 Å². The molecule has 0 amide bonds. The Balaban J connectivity index is 0.000000180. The topological polar surface area (TPSA) is 250 Å². The van der Waals surface area contributed by atoms with Crippen molar-refractivity contribution < 1.29 is 17.1 Å². The Morgan fingerprint density at radius 1 is 0.284 bits per heavy atom. The van der Waals surface area contributed by atoms with E-state index < -0.39 is 14.2 Å². The maximum absolute atomic E-state index is 10.0. The van der Waals surface area contributed by atoms with Crippen LogP contribution in [-0.4, -0.2) is 72.4 Å². The Morgan fingerprint density at radius 3 is 0.704 bits per heavy atom. The number of nitriles is 6. The van der Waals surface area contributed by atoms with Gasteiger partial charge in [-0.3, -0.25) is 0 Å². The molecule has 0 saturated carbocycles. The Hall–Kier alpha value is -11.8. The minimum absolute atomic E-state index is 0. The van der Waals surface area contributed by atoms with Crippen LogP contribution in [0.5, 0.6) is 0 Å². The van der Waals surface area contributed by atoms with E-state index in [4.69, 9.17) is 20.4 Å². The second kappa shape index (κ2) is 23.6. The third-order valence-corrected chi connectivity index (χ3v) is 13.4. The zero-order valence-corrected chi connectivity index (χ0v) is 43.8. The van der Waals surface area contributed by atoms with Crippen LogP contribution in [0.2, 0.25) is 0 Å². The van der Waals surface area contributed by atoms with Crippen molar-refractivity contribution in [2.75, 3.05) is 0 Å². The third-order valence-electron chi connectivity index (χ3n) is 13.4. The van der Waals surface area contributed by atoms with E-state index >= 15 is 0 Å². The number of hydrogen-bond acceptors (Lipinski definition) is 12. The van der Waals surface area contributed by atoms with Crippen LogP contribution in [0.4, 0.5) is 0 Å². The molecule has 18 nitrogen and oxygen atoms in total. The number of nitrogens with zero attached hydrogens (tertiary/aromatic N) is 18. The molecule has 12 rings (SSSR count). The number of benzene rings is 6. The summed E-state index contributed by atoms with van der Waals surface area (Å²) in [6.45, 7) is 0. The first-order chi connectivity index (χ1) is 39.4. The molecule has 0 saturated heterocycles. The van der Waals surface area contributed by atoms with Crippen molar-refractivity contribution in [2.45, 2.75) is 0 Å². The van der Waals surface area contributed by atoms with Crippen LogP contribution in [-0.2, 0) is 17.1 Å². The van der Waals surface area contributed by atoms with Gasteiger partial charge in [0.15, 0.2) is 0 Å². The quantitative estimate of drug-likeness (QED) is 0.104. The normalized spacial score (nSPS) is 10.5. The van der Waals surface area contributed by atoms with Crippen molar-refractivity contribution in [1.29, 1.82) is 31.6 Å². The minimum atomic E-state index is -2.06. The van der Waals surface area contributed by atoms with E-state index in [0.29, 0.717) is 67.5 Å². The molecule has 6 aromatic heterocycles. The first-order valence-electron chi connectivity index (χ1n) is 25.0. The number of hydrogen-bond donors (Lipinski definition) is 0. The van der Waals surface area contributed by atoms with Gasteiger partial charge in [-0.05, 0) is 11.1 Å². The van der Waals surface area contributed by atoms with Crippen LogP contribution >= 0.6 is 0 Å². The number of rotatable bonds is 12. The predicted octanol–water partition coefficient (Wildman–Crippen LogP) is 9.11. The van der Waals surface area contributed by atoms with Crippen LogP contribution in [0, 0.1) is 68.0 Å². The fourth-order valence-corrected chi connectivity index (χ4v) is 9.84. The van der Waals surface area contributed by atoms with E-state index in [1.54, 1.807) is 52.3 Å². The van der Waals surface area contributed by atoms with Crippen molar-refractivity contribution in [3.05, 3.63) is 253 Å². The molecule has 0 spiro atoms. The Kier molecular flexibility index (Phi) is 15.3. The molecular weight excluding hydrogens is 1050 g/mol. The predicted molar refractivity (Wildman–Crippen MR) is 301 cm³/mol. The SMILES string of the molecule is N#Cc1cn([BH-](n2cc(C#N)c(-c3ccccc3)n2)n2ncc(C#N)c2-c2ccccc2)nc1-c1ccccc1.N#Cc1cn([BH-](n2cc(C#N)c(-c3ccccc3)n2)n2ncc(C#N)c2-c2ccccc2)nc1-c1ccccc1.[Mn+2]. The van der Waals surface area contributed by atoms with Crippen molar-refractivity contribution >= 4 is 14.2 Å². The molecule has 0 unspecified atom stereocenters. The van der Waals surface area contributed by atoms with Gasteiger partial charge in [0.05, 0.1) is 45.8 Å². The zero-order valence-electron chi connectivity index (χ0n) is 42.6. The first-order valence-corrected chi connectivity index (χ1v) is 25.0. The molecular formula is C60H38B2MnN18. The molecule has 0 aliphatic carbocycles. The summed E-state index contributed by atoms with van der Waals surface area (Å²) < 4.78 is 10.1. The molecule has 0 atom stereocenters. The summed E-state index contributed by atoms with van der Waals surface area (Å²) >= 11 is 0. The van der Waals surface area contributed by atoms with Gasteiger partial charge >= 0.3 is 31.3 Å². The van der Waals surface area contributed by atoms with Crippen molar-refractivity contribution in [3.63, 3.8) is 0 Å². The van der Waals surface area contributed by atoms with Gasteiger partial charge in [0.2, 0.25) is 0 Å². The van der Waals surface area contributed by atoms with Crippen LogP contribution in [0.3, 0.4) is 0 Å². The van der Waals surface area contributed by atoms with Crippen LogP contribution in [0.15, 0.2) is 219 Å². The largest absolute Gasteiger partial charge is 2.00 e. The monoisotopic (exact) mass is 1090 g/mol. The van der Waals surface area contributed by atoms with Crippen LogP contribution in [0.1, 0.15) is 33.4 Å². The zero-order chi connectivity index (χ0) is 55.0. The first kappa shape index (κ1) is 52.6. The van der Waals surface area contributed by atoms with Gasteiger partial charge in [0.1, 0.15) is 59.2 Å². The van der Waals surface area contributed by atoms with Gasteiger partial charge < -0.3 is 27.6 Å². The molecule has 0 aliphatic rings. The molecule has 6 aromatic carbocycles. The minimum Gasteiger partial charge on any atom is -0.401 e. The van der Waals surface area contributed by atoms with Gasteiger partial charge in [0.25, 0.3) is 0 Å². The standard InChI is InChI=1S/2C30H19BN9.Mn/c2*32-16-25-19-35-40(30(25)24-14-8-3-9-15-24)31(38-20-26(17-33)28(36-38)22-10-4-1-5-11-22)39-21-27(18-34)29(37-39)23-12-6-2-7-13-23;/h2*1-15,19-21,31H;/q2*-1;+2. The van der Waals surface area contributed by atoms with Crippen molar-refractivity contribution in [3.8, 4) is 104 Å². The Labute approximate surface area is 475 Å². The summed E-state index contributed by atoms with van der Waals surface area (Å²) in [6, 6.07) is 70.4. The summed E-state index contributed by atoms with van der Waals surface area (Å²) in [5.41, 5.74) is 10.3. The van der Waals surface area contributed by atoms with Gasteiger partial charge in [-0.15, -0.1) is 0 Å². The van der Waals surface area contributed by atoms with Gasteiger partial charge in [-0.25, -0.2) is 30.6 Å². The second-order valence-corrected chi connectivity index (χ2v) is 18.3. The van der Waals surface area contributed by atoms with E-state index in [0.717, 1.165) is 33.4 Å². The van der Waals surface area contributed by atoms with E-state index in [-0.39, 0.29) is 17.1 Å². The van der Waals surface area contributed by atoms with Crippen LogP contribution < -0.4 is 0 Å². The van der Waals surface area contributed by atoms with Gasteiger partial charge in [0, 0.05) is 58.4 Å². The fraction of sp³-hybridized carbons (Fsp3) is 0. The number of aromatic nitrogens is 12. The molecule has 0 N–H and O–H groups in total. The molecule has 0 aliphatic heterocycles. The summed E-state index contributed by atoms with van der Waals surface area (Å²) in [7, 11) is -4.11. The van der Waals surface area contributed by atoms with Gasteiger partial charge in [-0.1, -0.05) is 182 Å². The van der Waals surface area contributed by atoms with Crippen LogP contribution in [0.25, 0.3) is 67.5 Å². The van der Waals surface area contributed by atoms with Crippen molar-refractivity contribution in [1.82, 2.24) is 58.1 Å². The van der Waals surface area contributed by atoms with Gasteiger partial charge in [-0.2, -0.15) is 31.6 Å². The second-order valence-electron chi connectivity index (χ2n) is 18.3. The summed E-state index contributed by atoms with van der Waals surface area (Å²) in [6.07, 6.45) is 9.70. The fourth-order valence-electron chi connectivity index (χ4n) is 9.84. The van der Waals surface area contributed by atoms with E-state index in [1.807, 2.05) is 182 Å². The van der Waals surface area contributed by atoms with E-state index in [1.165, 1.54) is 12.4 Å². The summed E-state index contributed by atoms with van der Waals surface area (Å²) in [4.78, 5) is 0. The molecule has 381 valence electrons. The van der Waals surface area contributed by atoms with Crippen molar-refractivity contribution in [2.24, 2.45) is 0 Å². The summed E-state index contributed by atoms with van der Waals surface area (Å²) in [5.74, 6) is 0. The molecule has 1 radical (unpaired) electrons. The Morgan fingerprint density at radius 2 is 0.494 bits per heavy atom. The summed E-state index contributed by atoms with van der Waals surface area (Å²) in [5, 5.41) is 88.6. The molecule has 81 heavy (non-hydrogen) atoms. The third kappa shape index (κ3) is 10.3. The maximum atomic E-state index is 10.0. The smallest absolute Gasteiger partial charge is 0.401 e. The molecule has 0 fully saturated rings. The molecule has 6 heterocycles. The average Bonchev–Trinajstić information content (AvgIpc) is 4.44. The van der Waals surface area contributed by atoms with E-state index in [2.05, 4.69) is 46.6 Å². The maximum Gasteiger partial charge on any atom is 2.00 e. The average molecular weight is 1090 g/mol. The molecule has 0 bridgehead atoms. The molecule has 12 aromatic rings.